The van der Waals surface area contributed by atoms with Crippen molar-refractivity contribution in [1.82, 2.24) is 10.2 Å². The van der Waals surface area contributed by atoms with E-state index in [0.29, 0.717) is 27.4 Å². The molecule has 0 spiro atoms. The summed E-state index contributed by atoms with van der Waals surface area (Å²) in [5.74, 6) is 0.0198. The van der Waals surface area contributed by atoms with Gasteiger partial charge in [-0.05, 0) is 55.8 Å². The molecule has 0 aliphatic heterocycles. The fourth-order valence-corrected chi connectivity index (χ4v) is 2.76. The zero-order valence-corrected chi connectivity index (χ0v) is 15.3. The molecular formula is C19H16ClFN4O2. The zero-order valence-electron chi connectivity index (χ0n) is 14.6. The topological polar surface area (TPSA) is 95.0 Å². The third kappa shape index (κ3) is 3.92. The van der Waals surface area contributed by atoms with Gasteiger partial charge in [-0.25, -0.2) is 4.39 Å². The average Bonchev–Trinajstić information content (AvgIpc) is 3.13. The Hall–Kier alpha value is -2.95. The molecule has 0 aliphatic carbocycles. The van der Waals surface area contributed by atoms with Crippen molar-refractivity contribution in [2.45, 2.75) is 26.0 Å². The van der Waals surface area contributed by atoms with Crippen LogP contribution in [0.2, 0.25) is 5.02 Å². The summed E-state index contributed by atoms with van der Waals surface area (Å²) in [6.45, 7) is 3.35. The van der Waals surface area contributed by atoms with Crippen LogP contribution < -0.4 is 5.32 Å². The van der Waals surface area contributed by atoms with Crippen LogP contribution in [0.5, 0.6) is 0 Å². The standard InChI is InChI=1S/C19H16ClFN4O2/c1-10-15(8-5-13(9-22)16(10)20)23-17(11(2)26)19-25-24-18(27-19)12-3-6-14(21)7-4-12/h3-8,11,17,23,26H,1-2H3/t11-,17-/m1/s1. The van der Waals surface area contributed by atoms with Crippen LogP contribution >= 0.6 is 11.6 Å². The molecule has 0 radical (unpaired) electrons. The average molecular weight is 387 g/mol. The van der Waals surface area contributed by atoms with Crippen LogP contribution in [0, 0.1) is 24.1 Å². The minimum atomic E-state index is -0.861. The zero-order chi connectivity index (χ0) is 19.6. The number of hydrogen-bond acceptors (Lipinski definition) is 6. The summed E-state index contributed by atoms with van der Waals surface area (Å²) in [7, 11) is 0. The second-order valence-corrected chi connectivity index (χ2v) is 6.40. The van der Waals surface area contributed by atoms with E-state index in [-0.39, 0.29) is 17.6 Å². The molecule has 27 heavy (non-hydrogen) atoms. The fourth-order valence-electron chi connectivity index (χ4n) is 2.55. The Labute approximate surface area is 160 Å². The van der Waals surface area contributed by atoms with Gasteiger partial charge < -0.3 is 14.8 Å². The molecule has 2 aromatic carbocycles. The number of nitrogens with one attached hydrogen (secondary N) is 1. The van der Waals surface area contributed by atoms with Crippen molar-refractivity contribution in [3.05, 3.63) is 64.3 Å². The van der Waals surface area contributed by atoms with E-state index in [1.807, 2.05) is 6.07 Å². The van der Waals surface area contributed by atoms with Crippen LogP contribution in [0.4, 0.5) is 10.1 Å². The SMILES string of the molecule is Cc1c(N[C@@H](c2nnc(-c3ccc(F)cc3)o2)[C@@H](C)O)ccc(C#N)c1Cl. The summed E-state index contributed by atoms with van der Waals surface area (Å²) < 4.78 is 18.7. The second-order valence-electron chi connectivity index (χ2n) is 6.03. The molecule has 0 saturated heterocycles. The lowest BCUT2D eigenvalue weighted by Crippen LogP contribution is -2.23. The largest absolute Gasteiger partial charge is 0.418 e. The van der Waals surface area contributed by atoms with Crippen LogP contribution in [0.25, 0.3) is 11.5 Å². The number of benzene rings is 2. The van der Waals surface area contributed by atoms with E-state index < -0.39 is 12.1 Å². The molecule has 8 heteroatoms. The van der Waals surface area contributed by atoms with Crippen molar-refractivity contribution in [2.75, 3.05) is 5.32 Å². The van der Waals surface area contributed by atoms with Gasteiger partial charge in [0, 0.05) is 11.3 Å². The molecule has 2 atom stereocenters. The van der Waals surface area contributed by atoms with Gasteiger partial charge in [0.25, 0.3) is 0 Å². The van der Waals surface area contributed by atoms with Crippen LogP contribution in [0.3, 0.4) is 0 Å². The Bertz CT molecular complexity index is 996. The van der Waals surface area contributed by atoms with Crippen molar-refractivity contribution in [1.29, 1.82) is 5.26 Å². The summed E-state index contributed by atoms with van der Waals surface area (Å²) in [5, 5.41) is 30.7. The number of hydrogen-bond donors (Lipinski definition) is 2. The summed E-state index contributed by atoms with van der Waals surface area (Å²) in [5.41, 5.74) is 2.23. The summed E-state index contributed by atoms with van der Waals surface area (Å²) in [6.07, 6.45) is -0.861. The van der Waals surface area contributed by atoms with E-state index in [9.17, 15) is 9.50 Å². The molecule has 0 aliphatic rings. The number of anilines is 1. The fraction of sp³-hybridized carbons (Fsp3) is 0.211. The van der Waals surface area contributed by atoms with E-state index in [1.54, 1.807) is 26.0 Å². The van der Waals surface area contributed by atoms with E-state index in [2.05, 4.69) is 15.5 Å². The normalized spacial score (nSPS) is 13.0. The highest BCUT2D eigenvalue weighted by atomic mass is 35.5. The first-order chi connectivity index (χ1) is 12.9. The van der Waals surface area contributed by atoms with Crippen LogP contribution in [0.1, 0.15) is 30.0 Å². The Morgan fingerprint density at radius 2 is 1.93 bits per heavy atom. The van der Waals surface area contributed by atoms with Crippen molar-refractivity contribution in [3.63, 3.8) is 0 Å². The maximum Gasteiger partial charge on any atom is 0.247 e. The van der Waals surface area contributed by atoms with Crippen LogP contribution in [0.15, 0.2) is 40.8 Å². The number of rotatable bonds is 5. The van der Waals surface area contributed by atoms with Crippen molar-refractivity contribution < 1.29 is 13.9 Å². The molecule has 138 valence electrons. The lowest BCUT2D eigenvalue weighted by Gasteiger charge is -2.21. The predicted molar refractivity (Wildman–Crippen MR) is 98.6 cm³/mol. The number of aliphatic hydroxyl groups is 1. The molecule has 2 N–H and O–H groups in total. The third-order valence-electron chi connectivity index (χ3n) is 4.10. The molecule has 0 amide bonds. The number of nitrogens with zero attached hydrogens (tertiary/aromatic N) is 3. The monoisotopic (exact) mass is 386 g/mol. The number of halogens is 2. The van der Waals surface area contributed by atoms with Gasteiger partial charge in [0.1, 0.15) is 17.9 Å². The summed E-state index contributed by atoms with van der Waals surface area (Å²) in [6, 6.07) is 10.3. The highest BCUT2D eigenvalue weighted by Crippen LogP contribution is 2.31. The first-order valence-electron chi connectivity index (χ1n) is 8.14. The molecule has 0 bridgehead atoms. The lowest BCUT2D eigenvalue weighted by molar-refractivity contribution is 0.159. The first-order valence-corrected chi connectivity index (χ1v) is 8.51. The van der Waals surface area contributed by atoms with Crippen molar-refractivity contribution >= 4 is 17.3 Å². The number of aromatic nitrogens is 2. The van der Waals surface area contributed by atoms with Gasteiger partial charge in [0.15, 0.2) is 0 Å². The van der Waals surface area contributed by atoms with Gasteiger partial charge in [0.2, 0.25) is 11.8 Å². The van der Waals surface area contributed by atoms with E-state index >= 15 is 0 Å². The van der Waals surface area contributed by atoms with Gasteiger partial charge in [0.05, 0.1) is 16.7 Å². The van der Waals surface area contributed by atoms with Crippen molar-refractivity contribution in [3.8, 4) is 17.5 Å². The van der Waals surface area contributed by atoms with Crippen LogP contribution in [-0.2, 0) is 0 Å². The molecule has 0 saturated carbocycles. The van der Waals surface area contributed by atoms with Crippen LogP contribution in [-0.4, -0.2) is 21.4 Å². The maximum atomic E-state index is 13.1. The van der Waals surface area contributed by atoms with E-state index in [0.717, 1.165) is 0 Å². The molecular weight excluding hydrogens is 371 g/mol. The molecule has 3 rings (SSSR count). The molecule has 0 unspecified atom stereocenters. The Morgan fingerprint density at radius 3 is 2.56 bits per heavy atom. The summed E-state index contributed by atoms with van der Waals surface area (Å²) >= 11 is 6.20. The Kier molecular flexibility index (Phi) is 5.40. The molecule has 0 fully saturated rings. The smallest absolute Gasteiger partial charge is 0.247 e. The number of aliphatic hydroxyl groups excluding tert-OH is 1. The minimum Gasteiger partial charge on any atom is -0.418 e. The highest BCUT2D eigenvalue weighted by molar-refractivity contribution is 6.32. The van der Waals surface area contributed by atoms with Gasteiger partial charge in [-0.2, -0.15) is 5.26 Å². The lowest BCUT2D eigenvalue weighted by atomic mass is 10.1. The predicted octanol–water partition coefficient (Wildman–Crippen LogP) is 4.24. The van der Waals surface area contributed by atoms with E-state index in [4.69, 9.17) is 21.3 Å². The number of nitriles is 1. The van der Waals surface area contributed by atoms with Gasteiger partial charge >= 0.3 is 0 Å². The van der Waals surface area contributed by atoms with E-state index in [1.165, 1.54) is 24.3 Å². The van der Waals surface area contributed by atoms with Gasteiger partial charge in [-0.3, -0.25) is 0 Å². The molecule has 6 nitrogen and oxygen atoms in total. The molecule has 1 heterocycles. The van der Waals surface area contributed by atoms with Gasteiger partial charge in [-0.15, -0.1) is 10.2 Å². The quantitative estimate of drug-likeness (QED) is 0.680. The highest BCUT2D eigenvalue weighted by Gasteiger charge is 2.25. The third-order valence-corrected chi connectivity index (χ3v) is 4.59. The molecule has 1 aromatic heterocycles. The first kappa shape index (κ1) is 18.8. The Morgan fingerprint density at radius 1 is 1.22 bits per heavy atom. The Balaban J connectivity index is 1.90. The second kappa shape index (κ2) is 7.74. The maximum absolute atomic E-state index is 13.1. The minimum absolute atomic E-state index is 0.171. The summed E-state index contributed by atoms with van der Waals surface area (Å²) in [4.78, 5) is 0. The molecule has 3 aromatic rings. The van der Waals surface area contributed by atoms with Gasteiger partial charge in [-0.1, -0.05) is 11.6 Å². The van der Waals surface area contributed by atoms with Crippen molar-refractivity contribution in [2.24, 2.45) is 0 Å².